The zero-order chi connectivity index (χ0) is 14.7. The molecule has 0 radical (unpaired) electrons. The Bertz CT molecular complexity index is 676. The van der Waals surface area contributed by atoms with Gasteiger partial charge in [-0.15, -0.1) is 0 Å². The number of non-ortho nitro benzene ring substituents is 1. The first kappa shape index (κ1) is 14.4. The van der Waals surface area contributed by atoms with Crippen LogP contribution in [-0.2, 0) is 0 Å². The Morgan fingerprint density at radius 1 is 1.35 bits per heavy atom. The molecule has 0 bridgehead atoms. The molecule has 2 aromatic rings. The van der Waals surface area contributed by atoms with E-state index in [0.29, 0.717) is 10.3 Å². The molecule has 0 spiro atoms. The molecule has 1 heterocycles. The lowest BCUT2D eigenvalue weighted by Gasteiger charge is -2.06. The molecule has 0 aliphatic heterocycles. The smallest absolute Gasteiger partial charge is 0.270 e. The van der Waals surface area contributed by atoms with Gasteiger partial charge in [0.1, 0.15) is 4.60 Å². The average molecular weight is 357 g/mol. The van der Waals surface area contributed by atoms with Crippen LogP contribution in [0, 0.1) is 10.1 Å². The van der Waals surface area contributed by atoms with Crippen molar-refractivity contribution < 1.29 is 9.72 Å². The van der Waals surface area contributed by atoms with Gasteiger partial charge in [0, 0.05) is 12.1 Å². The van der Waals surface area contributed by atoms with Crippen LogP contribution >= 0.6 is 27.5 Å². The van der Waals surface area contributed by atoms with Gasteiger partial charge < -0.3 is 5.32 Å². The number of amides is 1. The summed E-state index contributed by atoms with van der Waals surface area (Å²) in [6, 6.07) is 7.00. The van der Waals surface area contributed by atoms with Crippen LogP contribution in [0.25, 0.3) is 0 Å². The minimum absolute atomic E-state index is 0.0155. The van der Waals surface area contributed by atoms with E-state index in [4.69, 9.17) is 11.6 Å². The number of nitro groups is 1. The van der Waals surface area contributed by atoms with Crippen molar-refractivity contribution in [3.8, 4) is 0 Å². The van der Waals surface area contributed by atoms with E-state index < -0.39 is 10.8 Å². The van der Waals surface area contributed by atoms with E-state index in [0.717, 1.165) is 6.07 Å². The van der Waals surface area contributed by atoms with E-state index in [-0.39, 0.29) is 16.3 Å². The largest absolute Gasteiger partial charge is 0.321 e. The number of hydrogen-bond donors (Lipinski definition) is 1. The number of anilines is 1. The molecule has 0 atom stereocenters. The van der Waals surface area contributed by atoms with E-state index in [1.54, 1.807) is 12.1 Å². The quantitative estimate of drug-likeness (QED) is 0.516. The number of pyridine rings is 1. The molecule has 2 rings (SSSR count). The highest BCUT2D eigenvalue weighted by Gasteiger charge is 2.15. The van der Waals surface area contributed by atoms with Gasteiger partial charge in [-0.2, -0.15) is 0 Å². The van der Waals surface area contributed by atoms with Crippen LogP contribution in [0.1, 0.15) is 10.4 Å². The van der Waals surface area contributed by atoms with E-state index in [9.17, 15) is 14.9 Å². The minimum Gasteiger partial charge on any atom is -0.321 e. The second kappa shape index (κ2) is 5.98. The molecule has 0 fully saturated rings. The number of rotatable bonds is 3. The van der Waals surface area contributed by atoms with Crippen molar-refractivity contribution in [1.29, 1.82) is 0 Å². The number of nitrogens with zero attached hydrogens (tertiary/aromatic N) is 2. The Hall–Kier alpha value is -1.99. The Labute approximate surface area is 127 Å². The molecular weight excluding hydrogens is 350 g/mol. The highest BCUT2D eigenvalue weighted by Crippen LogP contribution is 2.23. The highest BCUT2D eigenvalue weighted by molar-refractivity contribution is 9.10. The number of halogens is 2. The van der Waals surface area contributed by atoms with Gasteiger partial charge in [0.25, 0.3) is 11.6 Å². The lowest BCUT2D eigenvalue weighted by molar-refractivity contribution is -0.384. The highest BCUT2D eigenvalue weighted by atomic mass is 79.9. The van der Waals surface area contributed by atoms with Crippen LogP contribution in [0.4, 0.5) is 11.4 Å². The summed E-state index contributed by atoms with van der Waals surface area (Å²) in [6.45, 7) is 0. The molecule has 20 heavy (non-hydrogen) atoms. The van der Waals surface area contributed by atoms with E-state index >= 15 is 0 Å². The summed E-state index contributed by atoms with van der Waals surface area (Å²) in [5, 5.41) is 13.2. The summed E-state index contributed by atoms with van der Waals surface area (Å²) < 4.78 is 0.642. The predicted octanol–water partition coefficient (Wildman–Crippen LogP) is 3.66. The monoisotopic (exact) mass is 355 g/mol. The molecule has 0 aliphatic carbocycles. The molecule has 1 N–H and O–H groups in total. The molecule has 6 nitrogen and oxygen atoms in total. The first-order valence-corrected chi connectivity index (χ1v) is 6.51. The third kappa shape index (κ3) is 3.31. The zero-order valence-corrected chi connectivity index (χ0v) is 12.2. The number of benzene rings is 1. The van der Waals surface area contributed by atoms with Gasteiger partial charge in [-0.05, 0) is 34.1 Å². The molecule has 1 aromatic carbocycles. The van der Waals surface area contributed by atoms with E-state index in [2.05, 4.69) is 26.2 Å². The number of aromatic nitrogens is 1. The minimum atomic E-state index is -0.577. The fourth-order valence-corrected chi connectivity index (χ4v) is 1.95. The van der Waals surface area contributed by atoms with Gasteiger partial charge in [-0.25, -0.2) is 4.98 Å². The average Bonchev–Trinajstić information content (AvgIpc) is 2.41. The molecule has 1 amide bonds. The lowest BCUT2D eigenvalue weighted by Crippen LogP contribution is -2.12. The van der Waals surface area contributed by atoms with Crippen LogP contribution in [0.5, 0.6) is 0 Å². The van der Waals surface area contributed by atoms with Crippen molar-refractivity contribution in [3.05, 3.63) is 61.8 Å². The summed E-state index contributed by atoms with van der Waals surface area (Å²) >= 11 is 9.05. The van der Waals surface area contributed by atoms with Crippen molar-refractivity contribution in [1.82, 2.24) is 4.98 Å². The van der Waals surface area contributed by atoms with Crippen LogP contribution < -0.4 is 5.32 Å². The summed E-state index contributed by atoms with van der Waals surface area (Å²) in [4.78, 5) is 26.0. The molecule has 102 valence electrons. The predicted molar refractivity (Wildman–Crippen MR) is 78.0 cm³/mol. The Balaban J connectivity index is 2.21. The van der Waals surface area contributed by atoms with Gasteiger partial charge in [0.2, 0.25) is 0 Å². The molecular formula is C12H7BrClN3O3. The van der Waals surface area contributed by atoms with Gasteiger partial charge in [-0.3, -0.25) is 14.9 Å². The van der Waals surface area contributed by atoms with Crippen LogP contribution in [0.2, 0.25) is 5.02 Å². The van der Waals surface area contributed by atoms with Crippen LogP contribution in [0.15, 0.2) is 41.1 Å². The molecule has 0 saturated carbocycles. The maximum atomic E-state index is 12.0. The first-order chi connectivity index (χ1) is 9.47. The van der Waals surface area contributed by atoms with Gasteiger partial charge >= 0.3 is 0 Å². The van der Waals surface area contributed by atoms with E-state index in [1.165, 1.54) is 18.3 Å². The van der Waals surface area contributed by atoms with Crippen LogP contribution in [0.3, 0.4) is 0 Å². The van der Waals surface area contributed by atoms with Crippen molar-refractivity contribution in [2.75, 3.05) is 5.32 Å². The second-order valence-corrected chi connectivity index (χ2v) is 4.96. The SMILES string of the molecule is O=C(Nc1ccc(Br)nc1)c1ccc([N+](=O)[O-])cc1Cl. The lowest BCUT2D eigenvalue weighted by atomic mass is 10.2. The Morgan fingerprint density at radius 2 is 2.10 bits per heavy atom. The number of carbonyl (C=O) groups excluding carboxylic acids is 1. The van der Waals surface area contributed by atoms with Gasteiger partial charge in [0.15, 0.2) is 0 Å². The van der Waals surface area contributed by atoms with Crippen molar-refractivity contribution in [2.24, 2.45) is 0 Å². The van der Waals surface area contributed by atoms with Crippen molar-refractivity contribution >= 4 is 44.8 Å². The maximum absolute atomic E-state index is 12.0. The Kier molecular flexibility index (Phi) is 4.31. The Morgan fingerprint density at radius 3 is 2.65 bits per heavy atom. The number of nitro benzene ring substituents is 1. The zero-order valence-electron chi connectivity index (χ0n) is 9.84. The maximum Gasteiger partial charge on any atom is 0.270 e. The molecule has 0 saturated heterocycles. The number of carbonyl (C=O) groups is 1. The number of nitrogens with one attached hydrogen (secondary N) is 1. The summed E-state index contributed by atoms with van der Waals surface area (Å²) in [7, 11) is 0. The topological polar surface area (TPSA) is 85.1 Å². The van der Waals surface area contributed by atoms with Crippen molar-refractivity contribution in [3.63, 3.8) is 0 Å². The van der Waals surface area contributed by atoms with Crippen molar-refractivity contribution in [2.45, 2.75) is 0 Å². The number of hydrogen-bond acceptors (Lipinski definition) is 4. The standard InChI is InChI=1S/C12H7BrClN3O3/c13-11-4-1-7(6-15-11)16-12(18)9-3-2-8(17(19)20)5-10(9)14/h1-6H,(H,16,18). The third-order valence-electron chi connectivity index (χ3n) is 2.39. The normalized spacial score (nSPS) is 10.1. The van der Waals surface area contributed by atoms with Crippen LogP contribution in [-0.4, -0.2) is 15.8 Å². The third-order valence-corrected chi connectivity index (χ3v) is 3.18. The first-order valence-electron chi connectivity index (χ1n) is 5.34. The summed E-state index contributed by atoms with van der Waals surface area (Å²) in [5.74, 6) is -0.464. The van der Waals surface area contributed by atoms with Gasteiger partial charge in [0.05, 0.1) is 27.4 Å². The molecule has 1 aromatic heterocycles. The summed E-state index contributed by atoms with van der Waals surface area (Å²) in [6.07, 6.45) is 1.47. The fraction of sp³-hybridized carbons (Fsp3) is 0. The molecule has 0 aliphatic rings. The summed E-state index contributed by atoms with van der Waals surface area (Å²) in [5.41, 5.74) is 0.477. The fourth-order valence-electron chi connectivity index (χ4n) is 1.45. The molecule has 0 unspecified atom stereocenters. The molecule has 8 heteroatoms. The van der Waals surface area contributed by atoms with Gasteiger partial charge in [-0.1, -0.05) is 11.6 Å². The van der Waals surface area contributed by atoms with E-state index in [1.807, 2.05) is 0 Å². The second-order valence-electron chi connectivity index (χ2n) is 3.74.